The van der Waals surface area contributed by atoms with Crippen LogP contribution in [0.3, 0.4) is 0 Å². The minimum atomic E-state index is 0.0730. The molecule has 0 aromatic carbocycles. The van der Waals surface area contributed by atoms with E-state index in [1.54, 1.807) is 24.0 Å². The molecule has 1 amide bonds. The number of likely N-dealkylation sites (tertiary alicyclic amines) is 1. The predicted octanol–water partition coefficient (Wildman–Crippen LogP) is 1.68. The zero-order chi connectivity index (χ0) is 15.4. The average Bonchev–Trinajstić information content (AvgIpc) is 3.22. The van der Waals surface area contributed by atoms with Crippen LogP contribution in [0.15, 0.2) is 30.2 Å². The molecular weight excluding hydrogens is 298 g/mol. The first-order valence-electron chi connectivity index (χ1n) is 7.61. The van der Waals surface area contributed by atoms with Crippen LogP contribution in [0.1, 0.15) is 30.7 Å². The van der Waals surface area contributed by atoms with Crippen LogP contribution in [-0.4, -0.2) is 44.7 Å². The summed E-state index contributed by atoms with van der Waals surface area (Å²) in [6.45, 7) is 4.25. The first kappa shape index (κ1) is 15.2. The van der Waals surface area contributed by atoms with Crippen molar-refractivity contribution in [2.24, 2.45) is 0 Å². The average molecular weight is 319 g/mol. The van der Waals surface area contributed by atoms with Gasteiger partial charge < -0.3 is 5.32 Å². The summed E-state index contributed by atoms with van der Waals surface area (Å²) in [4.78, 5) is 19.7. The Bertz CT molecular complexity index is 583. The van der Waals surface area contributed by atoms with Gasteiger partial charge in [0, 0.05) is 10.9 Å². The lowest BCUT2D eigenvalue weighted by Gasteiger charge is -2.24. The van der Waals surface area contributed by atoms with Crippen LogP contribution in [0.2, 0.25) is 0 Å². The van der Waals surface area contributed by atoms with E-state index in [1.165, 1.54) is 4.88 Å². The van der Waals surface area contributed by atoms with E-state index in [-0.39, 0.29) is 11.9 Å². The summed E-state index contributed by atoms with van der Waals surface area (Å²) < 4.78 is 1.84. The van der Waals surface area contributed by atoms with Gasteiger partial charge in [0.2, 0.25) is 5.91 Å². The number of carbonyl (C=O) groups excluding carboxylic acids is 1. The van der Waals surface area contributed by atoms with Crippen molar-refractivity contribution < 1.29 is 4.79 Å². The number of thiophene rings is 1. The lowest BCUT2D eigenvalue weighted by molar-refractivity contribution is -0.123. The molecule has 0 radical (unpaired) electrons. The van der Waals surface area contributed by atoms with Crippen LogP contribution in [-0.2, 0) is 11.3 Å². The Hall–Kier alpha value is -1.73. The largest absolute Gasteiger partial charge is 0.348 e. The highest BCUT2D eigenvalue weighted by molar-refractivity contribution is 7.10. The summed E-state index contributed by atoms with van der Waals surface area (Å²) in [5.74, 6) is 0.0893. The Balaban J connectivity index is 1.51. The van der Waals surface area contributed by atoms with Gasteiger partial charge >= 0.3 is 0 Å². The van der Waals surface area contributed by atoms with Crippen molar-refractivity contribution >= 4 is 17.2 Å². The molecule has 0 saturated carbocycles. The van der Waals surface area contributed by atoms with Crippen LogP contribution in [0.25, 0.3) is 0 Å². The van der Waals surface area contributed by atoms with Crippen LogP contribution in [0.5, 0.6) is 0 Å². The number of hydrogen-bond donors (Lipinski definition) is 1. The van der Waals surface area contributed by atoms with Crippen LogP contribution < -0.4 is 5.32 Å². The Morgan fingerprint density at radius 2 is 2.50 bits per heavy atom. The Labute approximate surface area is 134 Å². The number of nitrogens with zero attached hydrogens (tertiary/aromatic N) is 4. The molecule has 7 heteroatoms. The lowest BCUT2D eigenvalue weighted by Crippen LogP contribution is -2.42. The van der Waals surface area contributed by atoms with E-state index in [0.717, 1.165) is 25.9 Å². The summed E-state index contributed by atoms with van der Waals surface area (Å²) in [5, 5.41) is 9.27. The van der Waals surface area contributed by atoms with Crippen molar-refractivity contribution in [2.45, 2.75) is 38.4 Å². The molecule has 1 fully saturated rings. The maximum Gasteiger partial charge on any atom is 0.234 e. The van der Waals surface area contributed by atoms with Gasteiger partial charge in [-0.1, -0.05) is 6.07 Å². The summed E-state index contributed by atoms with van der Waals surface area (Å²) in [6, 6.07) is 4.50. The monoisotopic (exact) mass is 319 g/mol. The van der Waals surface area contributed by atoms with Gasteiger partial charge in [0.1, 0.15) is 12.7 Å². The molecule has 0 unspecified atom stereocenters. The van der Waals surface area contributed by atoms with Gasteiger partial charge in [-0.2, -0.15) is 5.10 Å². The minimum Gasteiger partial charge on any atom is -0.348 e. The fraction of sp³-hybridized carbons (Fsp3) is 0.533. The zero-order valence-corrected chi connectivity index (χ0v) is 13.5. The van der Waals surface area contributed by atoms with Crippen LogP contribution in [0.4, 0.5) is 0 Å². The smallest absolute Gasteiger partial charge is 0.234 e. The highest BCUT2D eigenvalue weighted by Gasteiger charge is 2.27. The maximum atomic E-state index is 12.3. The van der Waals surface area contributed by atoms with Crippen molar-refractivity contribution in [1.29, 1.82) is 0 Å². The highest BCUT2D eigenvalue weighted by Crippen LogP contribution is 2.20. The molecule has 0 bridgehead atoms. The van der Waals surface area contributed by atoms with E-state index in [4.69, 9.17) is 0 Å². The Kier molecular flexibility index (Phi) is 4.84. The quantitative estimate of drug-likeness (QED) is 0.880. The number of amides is 1. The molecule has 2 aromatic heterocycles. The molecule has 3 rings (SSSR count). The maximum absolute atomic E-state index is 12.3. The minimum absolute atomic E-state index is 0.0730. The van der Waals surface area contributed by atoms with Gasteiger partial charge in [0.25, 0.3) is 0 Å². The summed E-state index contributed by atoms with van der Waals surface area (Å²) >= 11 is 1.67. The molecule has 22 heavy (non-hydrogen) atoms. The first-order valence-corrected chi connectivity index (χ1v) is 8.49. The second-order valence-electron chi connectivity index (χ2n) is 5.69. The molecule has 0 aliphatic carbocycles. The number of carbonyl (C=O) groups is 1. The van der Waals surface area contributed by atoms with Gasteiger partial charge in [-0.3, -0.25) is 14.4 Å². The number of hydrogen-bond acceptors (Lipinski definition) is 5. The highest BCUT2D eigenvalue weighted by atomic mass is 32.1. The lowest BCUT2D eigenvalue weighted by atomic mass is 10.2. The van der Waals surface area contributed by atoms with Gasteiger partial charge in [-0.05, 0) is 37.8 Å². The van der Waals surface area contributed by atoms with E-state index in [0.29, 0.717) is 12.6 Å². The van der Waals surface area contributed by atoms with E-state index in [1.807, 2.05) is 23.1 Å². The third kappa shape index (κ3) is 3.72. The van der Waals surface area contributed by atoms with Gasteiger partial charge in [-0.25, -0.2) is 4.98 Å². The molecule has 0 spiro atoms. The van der Waals surface area contributed by atoms with Gasteiger partial charge in [-0.15, -0.1) is 11.3 Å². The summed E-state index contributed by atoms with van der Waals surface area (Å²) in [5.41, 5.74) is 0. The molecule has 1 saturated heterocycles. The summed E-state index contributed by atoms with van der Waals surface area (Å²) in [7, 11) is 0. The van der Waals surface area contributed by atoms with Gasteiger partial charge in [0.15, 0.2) is 0 Å². The van der Waals surface area contributed by atoms with Crippen molar-refractivity contribution in [3.8, 4) is 0 Å². The second kappa shape index (κ2) is 7.02. The molecule has 2 atom stereocenters. The normalized spacial score (nSPS) is 20.1. The molecule has 2 aromatic rings. The van der Waals surface area contributed by atoms with Crippen molar-refractivity contribution in [2.75, 3.05) is 13.1 Å². The summed E-state index contributed by atoms with van der Waals surface area (Å²) in [6.07, 6.45) is 5.52. The van der Waals surface area contributed by atoms with E-state index in [2.05, 4.69) is 26.4 Å². The topological polar surface area (TPSA) is 63.1 Å². The van der Waals surface area contributed by atoms with Crippen LogP contribution in [0, 0.1) is 0 Å². The Morgan fingerprint density at radius 3 is 3.23 bits per heavy atom. The number of nitrogens with one attached hydrogen (secondary N) is 1. The van der Waals surface area contributed by atoms with Gasteiger partial charge in [0.05, 0.1) is 19.1 Å². The molecular formula is C15H21N5OS. The number of rotatable bonds is 6. The predicted molar refractivity (Wildman–Crippen MR) is 85.5 cm³/mol. The first-order chi connectivity index (χ1) is 10.7. The fourth-order valence-electron chi connectivity index (χ4n) is 2.93. The molecule has 1 aliphatic heterocycles. The van der Waals surface area contributed by atoms with Crippen molar-refractivity contribution in [1.82, 2.24) is 25.0 Å². The molecule has 118 valence electrons. The van der Waals surface area contributed by atoms with Crippen molar-refractivity contribution in [3.05, 3.63) is 35.0 Å². The molecule has 1 N–H and O–H groups in total. The van der Waals surface area contributed by atoms with Crippen LogP contribution >= 0.6 is 11.3 Å². The molecule has 6 nitrogen and oxygen atoms in total. The molecule has 3 heterocycles. The third-order valence-corrected chi connectivity index (χ3v) is 5.11. The van der Waals surface area contributed by atoms with E-state index >= 15 is 0 Å². The van der Waals surface area contributed by atoms with E-state index in [9.17, 15) is 4.79 Å². The van der Waals surface area contributed by atoms with Crippen molar-refractivity contribution in [3.63, 3.8) is 0 Å². The standard InChI is InChI=1S/C15H21N5OS/c1-12(14-5-3-7-22-14)18-15(21)9-19-6-2-4-13(19)8-20-11-16-10-17-20/h3,5,7,10-13H,2,4,6,8-9H2,1H3,(H,18,21)/t12-,13-/m0/s1. The van der Waals surface area contributed by atoms with E-state index < -0.39 is 0 Å². The second-order valence-corrected chi connectivity index (χ2v) is 6.67. The molecule has 1 aliphatic rings. The third-order valence-electron chi connectivity index (χ3n) is 4.06. The zero-order valence-electron chi connectivity index (χ0n) is 12.7. The fourth-order valence-corrected chi connectivity index (χ4v) is 3.67. The Morgan fingerprint density at radius 1 is 1.59 bits per heavy atom. The number of aromatic nitrogens is 3. The SMILES string of the molecule is C[C@H](NC(=O)CN1CCC[C@H]1Cn1cncn1)c1cccs1.